The Kier molecular flexibility index (Phi) is 6.56. The molecule has 0 radical (unpaired) electrons. The third-order valence-corrected chi connectivity index (χ3v) is 6.20. The van der Waals surface area contributed by atoms with Crippen LogP contribution < -0.4 is 5.32 Å². The van der Waals surface area contributed by atoms with Crippen molar-refractivity contribution in [3.63, 3.8) is 0 Å². The first-order chi connectivity index (χ1) is 13.7. The standard InChI is InChI=1S/C22H32N4O2S/c1-15-9-8-10-16(2)26(15)20(28)14-29-21-23-17-11-6-7-12-18(17)25(21)13-19(27)24-22(3,4)5/h6-7,11-12,15-16H,8-10,13-14H2,1-5H3,(H,24,27)/t15-,16+. The number of likely N-dealkylation sites (tertiary alicyclic amines) is 1. The smallest absolute Gasteiger partial charge is 0.240 e. The molecule has 29 heavy (non-hydrogen) atoms. The summed E-state index contributed by atoms with van der Waals surface area (Å²) >= 11 is 1.42. The fourth-order valence-electron chi connectivity index (χ4n) is 4.03. The van der Waals surface area contributed by atoms with Crippen molar-refractivity contribution >= 4 is 34.6 Å². The number of imidazole rings is 1. The molecule has 0 spiro atoms. The fourth-order valence-corrected chi connectivity index (χ4v) is 4.91. The number of fused-ring (bicyclic) bond motifs is 1. The lowest BCUT2D eigenvalue weighted by Crippen LogP contribution is -2.48. The predicted octanol–water partition coefficient (Wildman–Crippen LogP) is 3.83. The monoisotopic (exact) mass is 416 g/mol. The molecule has 2 atom stereocenters. The van der Waals surface area contributed by atoms with Crippen LogP contribution in [0.3, 0.4) is 0 Å². The van der Waals surface area contributed by atoms with Gasteiger partial charge in [-0.15, -0.1) is 0 Å². The number of piperidine rings is 1. The Morgan fingerprint density at radius 2 is 1.83 bits per heavy atom. The van der Waals surface area contributed by atoms with Crippen LogP contribution in [0.4, 0.5) is 0 Å². The fraction of sp³-hybridized carbons (Fsp3) is 0.591. The molecule has 1 saturated heterocycles. The van der Waals surface area contributed by atoms with E-state index >= 15 is 0 Å². The van der Waals surface area contributed by atoms with Gasteiger partial charge in [-0.25, -0.2) is 4.98 Å². The lowest BCUT2D eigenvalue weighted by molar-refractivity contribution is -0.134. The average Bonchev–Trinajstić information content (AvgIpc) is 2.96. The average molecular weight is 417 g/mol. The molecule has 2 aromatic rings. The number of nitrogens with one attached hydrogen (secondary N) is 1. The Morgan fingerprint density at radius 3 is 2.48 bits per heavy atom. The van der Waals surface area contributed by atoms with E-state index in [0.29, 0.717) is 10.9 Å². The molecule has 1 fully saturated rings. The number of thioether (sulfide) groups is 1. The number of benzene rings is 1. The van der Waals surface area contributed by atoms with E-state index in [1.165, 1.54) is 18.2 Å². The number of rotatable bonds is 5. The summed E-state index contributed by atoms with van der Waals surface area (Å²) in [5.41, 5.74) is 1.45. The van der Waals surface area contributed by atoms with Crippen LogP contribution in [0, 0.1) is 0 Å². The van der Waals surface area contributed by atoms with Gasteiger partial charge in [0.2, 0.25) is 11.8 Å². The highest BCUT2D eigenvalue weighted by Crippen LogP contribution is 2.27. The van der Waals surface area contributed by atoms with Crippen LogP contribution in [-0.2, 0) is 16.1 Å². The summed E-state index contributed by atoms with van der Waals surface area (Å²) in [6.07, 6.45) is 3.30. The molecule has 2 amide bonds. The zero-order valence-electron chi connectivity index (χ0n) is 18.1. The van der Waals surface area contributed by atoms with E-state index in [9.17, 15) is 9.59 Å². The molecule has 2 heterocycles. The predicted molar refractivity (Wildman–Crippen MR) is 118 cm³/mol. The molecule has 6 nitrogen and oxygen atoms in total. The molecule has 0 aliphatic carbocycles. The number of hydrogen-bond acceptors (Lipinski definition) is 4. The van der Waals surface area contributed by atoms with Crippen LogP contribution in [-0.4, -0.2) is 49.6 Å². The molecule has 1 N–H and O–H groups in total. The summed E-state index contributed by atoms with van der Waals surface area (Å²) in [5, 5.41) is 3.71. The van der Waals surface area contributed by atoms with Gasteiger partial charge in [0, 0.05) is 17.6 Å². The number of aromatic nitrogens is 2. The lowest BCUT2D eigenvalue weighted by atomic mass is 9.98. The van der Waals surface area contributed by atoms with E-state index in [4.69, 9.17) is 4.98 Å². The first-order valence-corrected chi connectivity index (χ1v) is 11.3. The highest BCUT2D eigenvalue weighted by Gasteiger charge is 2.29. The summed E-state index contributed by atoms with van der Waals surface area (Å²) in [6, 6.07) is 8.35. The SMILES string of the molecule is C[C@@H]1CCC[C@H](C)N1C(=O)CSc1nc2ccccc2n1CC(=O)NC(C)(C)C. The van der Waals surface area contributed by atoms with Crippen LogP contribution in [0.2, 0.25) is 0 Å². The van der Waals surface area contributed by atoms with Gasteiger partial charge in [0.15, 0.2) is 5.16 Å². The molecule has 1 aromatic carbocycles. The van der Waals surface area contributed by atoms with Crippen LogP contribution in [0.1, 0.15) is 53.9 Å². The van der Waals surface area contributed by atoms with Gasteiger partial charge in [0.05, 0.1) is 16.8 Å². The van der Waals surface area contributed by atoms with Gasteiger partial charge in [-0.1, -0.05) is 23.9 Å². The second-order valence-corrected chi connectivity index (χ2v) is 9.93. The Balaban J connectivity index is 1.78. The van der Waals surface area contributed by atoms with Gasteiger partial charge in [-0.2, -0.15) is 0 Å². The molecular weight excluding hydrogens is 384 g/mol. The maximum absolute atomic E-state index is 12.9. The number of nitrogens with zero attached hydrogens (tertiary/aromatic N) is 3. The summed E-state index contributed by atoms with van der Waals surface area (Å²) < 4.78 is 1.91. The molecule has 7 heteroatoms. The van der Waals surface area contributed by atoms with Crippen molar-refractivity contribution in [1.82, 2.24) is 19.8 Å². The lowest BCUT2D eigenvalue weighted by Gasteiger charge is -2.39. The maximum atomic E-state index is 12.9. The largest absolute Gasteiger partial charge is 0.350 e. The molecule has 0 bridgehead atoms. The van der Waals surface area contributed by atoms with Crippen LogP contribution >= 0.6 is 11.8 Å². The van der Waals surface area contributed by atoms with Crippen molar-refractivity contribution in [3.05, 3.63) is 24.3 Å². The van der Waals surface area contributed by atoms with Crippen molar-refractivity contribution < 1.29 is 9.59 Å². The van der Waals surface area contributed by atoms with Crippen molar-refractivity contribution in [2.45, 2.75) is 83.2 Å². The zero-order chi connectivity index (χ0) is 21.2. The highest BCUT2D eigenvalue weighted by atomic mass is 32.2. The first kappa shape index (κ1) is 21.7. The second-order valence-electron chi connectivity index (χ2n) is 8.99. The van der Waals surface area contributed by atoms with Crippen LogP contribution in [0.25, 0.3) is 11.0 Å². The molecule has 3 rings (SSSR count). The number of carbonyl (C=O) groups excluding carboxylic acids is 2. The minimum Gasteiger partial charge on any atom is -0.350 e. The van der Waals surface area contributed by atoms with Crippen LogP contribution in [0.15, 0.2) is 29.4 Å². The third-order valence-electron chi connectivity index (χ3n) is 5.24. The van der Waals surface area contributed by atoms with E-state index in [1.54, 1.807) is 0 Å². The summed E-state index contributed by atoms with van der Waals surface area (Å²) in [4.78, 5) is 32.2. The Hall–Kier alpha value is -2.02. The normalized spacial score (nSPS) is 20.1. The Labute approximate surface area is 177 Å². The van der Waals surface area contributed by atoms with Gasteiger partial charge in [0.25, 0.3) is 0 Å². The minimum atomic E-state index is -0.294. The van der Waals surface area contributed by atoms with E-state index < -0.39 is 0 Å². The first-order valence-electron chi connectivity index (χ1n) is 10.4. The molecular formula is C22H32N4O2S. The van der Waals surface area contributed by atoms with Gasteiger partial charge in [-0.05, 0) is 66.0 Å². The summed E-state index contributed by atoms with van der Waals surface area (Å²) in [5.74, 6) is 0.415. The van der Waals surface area contributed by atoms with Gasteiger partial charge < -0.3 is 14.8 Å². The van der Waals surface area contributed by atoms with E-state index in [0.717, 1.165) is 23.9 Å². The third kappa shape index (κ3) is 5.32. The zero-order valence-corrected chi connectivity index (χ0v) is 18.9. The number of hydrogen-bond donors (Lipinski definition) is 1. The van der Waals surface area contributed by atoms with Gasteiger partial charge >= 0.3 is 0 Å². The number of carbonyl (C=O) groups is 2. The van der Waals surface area contributed by atoms with Crippen molar-refractivity contribution in [2.24, 2.45) is 0 Å². The highest BCUT2D eigenvalue weighted by molar-refractivity contribution is 7.99. The van der Waals surface area contributed by atoms with E-state index in [2.05, 4.69) is 19.2 Å². The Morgan fingerprint density at radius 1 is 1.17 bits per heavy atom. The van der Waals surface area contributed by atoms with Crippen LogP contribution in [0.5, 0.6) is 0 Å². The molecule has 1 aromatic heterocycles. The van der Waals surface area contributed by atoms with Gasteiger partial charge in [-0.3, -0.25) is 9.59 Å². The molecule has 158 valence electrons. The summed E-state index contributed by atoms with van der Waals surface area (Å²) in [7, 11) is 0. The minimum absolute atomic E-state index is 0.0629. The quantitative estimate of drug-likeness (QED) is 0.752. The summed E-state index contributed by atoms with van der Waals surface area (Å²) in [6.45, 7) is 10.3. The molecule has 1 aliphatic heterocycles. The number of amides is 2. The second kappa shape index (κ2) is 8.78. The maximum Gasteiger partial charge on any atom is 0.240 e. The van der Waals surface area contributed by atoms with Crippen molar-refractivity contribution in [2.75, 3.05) is 5.75 Å². The van der Waals surface area contributed by atoms with E-state index in [1.807, 2.05) is 54.5 Å². The Bertz CT molecular complexity index is 877. The van der Waals surface area contributed by atoms with Crippen molar-refractivity contribution in [3.8, 4) is 0 Å². The van der Waals surface area contributed by atoms with Gasteiger partial charge in [0.1, 0.15) is 6.54 Å². The molecule has 1 aliphatic rings. The topological polar surface area (TPSA) is 67.2 Å². The number of para-hydroxylation sites is 2. The molecule has 0 saturated carbocycles. The molecule has 0 unspecified atom stereocenters. The van der Waals surface area contributed by atoms with Crippen molar-refractivity contribution in [1.29, 1.82) is 0 Å². The van der Waals surface area contributed by atoms with E-state index in [-0.39, 0.29) is 36.0 Å².